The lowest BCUT2D eigenvalue weighted by Gasteiger charge is -2.25. The fraction of sp³-hybridized carbons (Fsp3) is 0.562. The van der Waals surface area contributed by atoms with Crippen LogP contribution in [0.5, 0.6) is 0 Å². The van der Waals surface area contributed by atoms with Gasteiger partial charge in [0.15, 0.2) is 0 Å². The number of hydrogen-bond acceptors (Lipinski definition) is 2. The first kappa shape index (κ1) is 12.7. The van der Waals surface area contributed by atoms with E-state index in [0.29, 0.717) is 5.92 Å². The number of nitrogens with one attached hydrogen (secondary N) is 1. The second kappa shape index (κ2) is 5.74. The highest BCUT2D eigenvalue weighted by Gasteiger charge is 2.34. The van der Waals surface area contributed by atoms with Gasteiger partial charge < -0.3 is 10.1 Å². The average Bonchev–Trinajstić information content (AvgIpc) is 3.31. The number of amides is 1. The Hall–Kier alpha value is -1.35. The molecule has 1 N–H and O–H groups in total. The summed E-state index contributed by atoms with van der Waals surface area (Å²) < 4.78 is 5.32. The Morgan fingerprint density at radius 1 is 1.11 bits per heavy atom. The van der Waals surface area contributed by atoms with E-state index in [4.69, 9.17) is 4.74 Å². The fourth-order valence-electron chi connectivity index (χ4n) is 2.79. The molecule has 2 aliphatic rings. The van der Waals surface area contributed by atoms with E-state index in [1.807, 2.05) is 18.2 Å². The normalized spacial score (nSPS) is 21.9. The summed E-state index contributed by atoms with van der Waals surface area (Å²) >= 11 is 0. The third-order valence-corrected chi connectivity index (χ3v) is 4.14. The van der Waals surface area contributed by atoms with Gasteiger partial charge in [-0.2, -0.15) is 0 Å². The lowest BCUT2D eigenvalue weighted by atomic mass is 9.97. The molecule has 3 heteroatoms. The molecule has 0 aromatic heterocycles. The van der Waals surface area contributed by atoms with Crippen molar-refractivity contribution in [1.29, 1.82) is 0 Å². The smallest absolute Gasteiger partial charge is 0.223 e. The maximum atomic E-state index is 12.3. The summed E-state index contributed by atoms with van der Waals surface area (Å²) in [5.41, 5.74) is 1.24. The van der Waals surface area contributed by atoms with Crippen LogP contribution in [0.15, 0.2) is 30.3 Å². The van der Waals surface area contributed by atoms with Crippen molar-refractivity contribution >= 4 is 5.91 Å². The molecule has 3 nitrogen and oxygen atoms in total. The molecule has 0 spiro atoms. The number of carbonyl (C=O) groups is 1. The molecule has 1 amide bonds. The molecule has 1 aliphatic carbocycles. The number of carbonyl (C=O) groups excluding carboxylic acids is 1. The Kier molecular flexibility index (Phi) is 3.83. The van der Waals surface area contributed by atoms with Gasteiger partial charge in [-0.3, -0.25) is 4.79 Å². The first-order valence-electron chi connectivity index (χ1n) is 7.27. The van der Waals surface area contributed by atoms with Gasteiger partial charge in [-0.05, 0) is 37.2 Å². The van der Waals surface area contributed by atoms with E-state index in [2.05, 4.69) is 17.4 Å². The third-order valence-electron chi connectivity index (χ3n) is 4.14. The highest BCUT2D eigenvalue weighted by Crippen LogP contribution is 2.41. The van der Waals surface area contributed by atoms with E-state index in [-0.39, 0.29) is 17.9 Å². The van der Waals surface area contributed by atoms with Crippen molar-refractivity contribution in [3.8, 4) is 0 Å². The molecule has 1 saturated carbocycles. The van der Waals surface area contributed by atoms with Gasteiger partial charge in [0.1, 0.15) is 0 Å². The van der Waals surface area contributed by atoms with Crippen LogP contribution in [-0.4, -0.2) is 19.1 Å². The van der Waals surface area contributed by atoms with E-state index < -0.39 is 0 Å². The zero-order valence-corrected chi connectivity index (χ0v) is 11.2. The molecule has 1 saturated heterocycles. The van der Waals surface area contributed by atoms with Gasteiger partial charge in [0.25, 0.3) is 0 Å². The molecule has 102 valence electrons. The minimum absolute atomic E-state index is 0.138. The van der Waals surface area contributed by atoms with Gasteiger partial charge in [0.2, 0.25) is 5.91 Å². The summed E-state index contributed by atoms with van der Waals surface area (Å²) in [4.78, 5) is 12.3. The Morgan fingerprint density at radius 3 is 2.42 bits per heavy atom. The molecule has 19 heavy (non-hydrogen) atoms. The molecule has 1 aliphatic heterocycles. The molecular weight excluding hydrogens is 238 g/mol. The third kappa shape index (κ3) is 3.16. The van der Waals surface area contributed by atoms with Crippen LogP contribution < -0.4 is 5.32 Å². The molecule has 0 radical (unpaired) electrons. The highest BCUT2D eigenvalue weighted by molar-refractivity contribution is 5.79. The first-order chi connectivity index (χ1) is 9.34. The Bertz CT molecular complexity index is 422. The number of rotatable bonds is 4. The molecule has 1 unspecified atom stereocenters. The van der Waals surface area contributed by atoms with Crippen LogP contribution in [0.3, 0.4) is 0 Å². The predicted molar refractivity (Wildman–Crippen MR) is 73.6 cm³/mol. The van der Waals surface area contributed by atoms with Gasteiger partial charge in [0.05, 0.1) is 6.04 Å². The van der Waals surface area contributed by atoms with E-state index in [1.54, 1.807) is 0 Å². The summed E-state index contributed by atoms with van der Waals surface area (Å²) in [5, 5.41) is 3.27. The number of hydrogen-bond donors (Lipinski definition) is 1. The summed E-state index contributed by atoms with van der Waals surface area (Å²) in [5.74, 6) is 0.981. The van der Waals surface area contributed by atoms with E-state index in [1.165, 1.54) is 18.4 Å². The quantitative estimate of drug-likeness (QED) is 0.902. The van der Waals surface area contributed by atoms with Crippen LogP contribution in [0.1, 0.15) is 37.3 Å². The van der Waals surface area contributed by atoms with Crippen molar-refractivity contribution in [2.75, 3.05) is 13.2 Å². The van der Waals surface area contributed by atoms with Crippen LogP contribution in [0, 0.1) is 11.8 Å². The van der Waals surface area contributed by atoms with Crippen molar-refractivity contribution in [3.05, 3.63) is 35.9 Å². The molecule has 2 fully saturated rings. The summed E-state index contributed by atoms with van der Waals surface area (Å²) in [6, 6.07) is 10.6. The zero-order valence-electron chi connectivity index (χ0n) is 11.2. The summed E-state index contributed by atoms with van der Waals surface area (Å²) in [7, 11) is 0. The number of benzene rings is 1. The van der Waals surface area contributed by atoms with Gasteiger partial charge >= 0.3 is 0 Å². The van der Waals surface area contributed by atoms with Crippen molar-refractivity contribution in [2.24, 2.45) is 11.8 Å². The maximum absolute atomic E-state index is 12.3. The van der Waals surface area contributed by atoms with Crippen LogP contribution in [0.4, 0.5) is 0 Å². The second-order valence-electron chi connectivity index (χ2n) is 5.62. The largest absolute Gasteiger partial charge is 0.381 e. The fourth-order valence-corrected chi connectivity index (χ4v) is 2.79. The van der Waals surface area contributed by atoms with Crippen molar-refractivity contribution in [2.45, 2.75) is 31.7 Å². The van der Waals surface area contributed by atoms with Crippen LogP contribution >= 0.6 is 0 Å². The SMILES string of the molecule is O=C(NC(c1ccccc1)C1CC1)C1CCOCC1. The average molecular weight is 259 g/mol. The van der Waals surface area contributed by atoms with Crippen molar-refractivity contribution in [1.82, 2.24) is 5.32 Å². The minimum atomic E-state index is 0.138. The first-order valence-corrected chi connectivity index (χ1v) is 7.27. The monoisotopic (exact) mass is 259 g/mol. The van der Waals surface area contributed by atoms with Crippen molar-refractivity contribution < 1.29 is 9.53 Å². The molecule has 1 aromatic rings. The molecule has 0 bridgehead atoms. The molecule has 3 rings (SSSR count). The van der Waals surface area contributed by atoms with E-state index in [9.17, 15) is 4.79 Å². The van der Waals surface area contributed by atoms with Gasteiger partial charge in [-0.15, -0.1) is 0 Å². The molecular formula is C16H21NO2. The zero-order chi connectivity index (χ0) is 13.1. The summed E-state index contributed by atoms with van der Waals surface area (Å²) in [6.07, 6.45) is 4.18. The maximum Gasteiger partial charge on any atom is 0.223 e. The molecule has 1 heterocycles. The molecule has 1 atom stereocenters. The lowest BCUT2D eigenvalue weighted by Crippen LogP contribution is -2.37. The van der Waals surface area contributed by atoms with Crippen LogP contribution in [0.2, 0.25) is 0 Å². The Labute approximate surface area is 114 Å². The van der Waals surface area contributed by atoms with Gasteiger partial charge in [0, 0.05) is 19.1 Å². The molecule has 1 aromatic carbocycles. The second-order valence-corrected chi connectivity index (χ2v) is 5.62. The topological polar surface area (TPSA) is 38.3 Å². The van der Waals surface area contributed by atoms with Crippen LogP contribution in [0.25, 0.3) is 0 Å². The summed E-state index contributed by atoms with van der Waals surface area (Å²) in [6.45, 7) is 1.44. The van der Waals surface area contributed by atoms with Crippen LogP contribution in [-0.2, 0) is 9.53 Å². The standard InChI is InChI=1S/C16H21NO2/c18-16(14-8-10-19-11-9-14)17-15(13-6-7-13)12-4-2-1-3-5-12/h1-5,13-15H,6-11H2,(H,17,18). The highest BCUT2D eigenvalue weighted by atomic mass is 16.5. The number of ether oxygens (including phenoxy) is 1. The predicted octanol–water partition coefficient (Wildman–Crippen LogP) is 2.68. The van der Waals surface area contributed by atoms with Gasteiger partial charge in [-0.25, -0.2) is 0 Å². The Morgan fingerprint density at radius 2 is 1.79 bits per heavy atom. The lowest BCUT2D eigenvalue weighted by molar-refractivity contribution is -0.128. The van der Waals surface area contributed by atoms with E-state index in [0.717, 1.165) is 26.1 Å². The Balaban J connectivity index is 1.66. The van der Waals surface area contributed by atoms with Crippen molar-refractivity contribution in [3.63, 3.8) is 0 Å². The van der Waals surface area contributed by atoms with Gasteiger partial charge in [-0.1, -0.05) is 30.3 Å². The minimum Gasteiger partial charge on any atom is -0.381 e. The van der Waals surface area contributed by atoms with E-state index >= 15 is 0 Å².